The molecule has 1 aromatic carbocycles. The average molecular weight is 413 g/mol. The van der Waals surface area contributed by atoms with E-state index >= 15 is 0 Å². The summed E-state index contributed by atoms with van der Waals surface area (Å²) in [6.07, 6.45) is 4.72. The van der Waals surface area contributed by atoms with Crippen LogP contribution in [0.4, 0.5) is 0 Å². The van der Waals surface area contributed by atoms with Crippen molar-refractivity contribution in [1.82, 2.24) is 18.8 Å². The van der Waals surface area contributed by atoms with E-state index in [9.17, 15) is 13.5 Å². The Bertz CT molecular complexity index is 1090. The summed E-state index contributed by atoms with van der Waals surface area (Å²) < 4.78 is 29.0. The number of aromatic nitrogens is 3. The molecule has 2 aromatic heterocycles. The number of sulfonamides is 1. The monoisotopic (exact) mass is 412 g/mol. The van der Waals surface area contributed by atoms with Crippen molar-refractivity contribution in [2.75, 3.05) is 13.1 Å². The molecular formula is C21H24N4O3S. The quantitative estimate of drug-likeness (QED) is 0.696. The van der Waals surface area contributed by atoms with Crippen LogP contribution in [0.15, 0.2) is 60.0 Å². The number of nitrogens with zero attached hydrogens (tertiary/aromatic N) is 4. The number of aliphatic hydroxyl groups excluding tert-OH is 1. The van der Waals surface area contributed by atoms with E-state index in [0.717, 1.165) is 35.4 Å². The predicted molar refractivity (Wildman–Crippen MR) is 110 cm³/mol. The topological polar surface area (TPSA) is 88.3 Å². The van der Waals surface area contributed by atoms with Gasteiger partial charge in [-0.05, 0) is 30.5 Å². The number of piperidine rings is 1. The van der Waals surface area contributed by atoms with E-state index in [4.69, 9.17) is 4.98 Å². The highest BCUT2D eigenvalue weighted by Crippen LogP contribution is 2.30. The van der Waals surface area contributed by atoms with Crippen LogP contribution < -0.4 is 0 Å². The summed E-state index contributed by atoms with van der Waals surface area (Å²) in [6.45, 7) is 0.910. The summed E-state index contributed by atoms with van der Waals surface area (Å²) in [5, 5.41) is 9.30. The second-order valence-electron chi connectivity index (χ2n) is 7.38. The first-order chi connectivity index (χ1) is 14.0. The zero-order valence-electron chi connectivity index (χ0n) is 16.3. The molecule has 152 valence electrons. The third-order valence-corrected chi connectivity index (χ3v) is 7.04. The second kappa shape index (κ2) is 8.06. The van der Waals surface area contributed by atoms with Crippen LogP contribution in [0.5, 0.6) is 0 Å². The van der Waals surface area contributed by atoms with Crippen LogP contribution in [-0.4, -0.2) is 45.5 Å². The number of imidazole rings is 1. The van der Waals surface area contributed by atoms with Crippen LogP contribution >= 0.6 is 0 Å². The zero-order chi connectivity index (χ0) is 20.4. The molecule has 0 spiro atoms. The van der Waals surface area contributed by atoms with E-state index < -0.39 is 10.0 Å². The maximum Gasteiger partial charge on any atom is 0.262 e. The highest BCUT2D eigenvalue weighted by molar-refractivity contribution is 7.89. The van der Waals surface area contributed by atoms with Crippen molar-refractivity contribution >= 4 is 10.0 Å². The highest BCUT2D eigenvalue weighted by atomic mass is 32.2. The number of aliphatic hydroxyl groups is 1. The molecule has 0 aliphatic carbocycles. The molecule has 3 heterocycles. The second-order valence-corrected chi connectivity index (χ2v) is 9.27. The number of aryl methyl sites for hydroxylation is 1. The van der Waals surface area contributed by atoms with Crippen LogP contribution in [0.2, 0.25) is 0 Å². The summed E-state index contributed by atoms with van der Waals surface area (Å²) in [6, 6.07) is 13.5. The number of rotatable bonds is 5. The van der Waals surface area contributed by atoms with Gasteiger partial charge < -0.3 is 9.67 Å². The molecule has 29 heavy (non-hydrogen) atoms. The minimum atomic E-state index is -3.60. The summed E-state index contributed by atoms with van der Waals surface area (Å²) in [4.78, 5) is 8.84. The van der Waals surface area contributed by atoms with Gasteiger partial charge in [0.05, 0.1) is 18.6 Å². The van der Waals surface area contributed by atoms with Gasteiger partial charge in [-0.1, -0.05) is 30.3 Å². The standard InChI is InChI=1S/C21H24N4O3S/c1-24-13-21(22-15-24)29(27,28)25-11-3-4-18(12-25)20-6-2-5-19(23-20)17-9-7-16(14-26)8-10-17/h2,5-10,13,15,18,26H,3-4,11-12,14H2,1H3/t18-/m0/s1. The minimum Gasteiger partial charge on any atom is -0.392 e. The molecule has 1 saturated heterocycles. The van der Waals surface area contributed by atoms with Crippen molar-refractivity contribution in [1.29, 1.82) is 0 Å². The summed E-state index contributed by atoms with van der Waals surface area (Å²) in [5.74, 6) is 0.0407. The number of hydrogen-bond donors (Lipinski definition) is 1. The maximum absolute atomic E-state index is 12.9. The molecule has 0 bridgehead atoms. The molecule has 1 atom stereocenters. The van der Waals surface area contributed by atoms with Gasteiger partial charge >= 0.3 is 0 Å². The summed E-state index contributed by atoms with van der Waals surface area (Å²) >= 11 is 0. The Balaban J connectivity index is 1.57. The maximum atomic E-state index is 12.9. The van der Waals surface area contributed by atoms with Gasteiger partial charge in [0.2, 0.25) is 0 Å². The van der Waals surface area contributed by atoms with Crippen molar-refractivity contribution in [3.63, 3.8) is 0 Å². The molecule has 0 saturated carbocycles. The number of hydrogen-bond acceptors (Lipinski definition) is 5. The molecule has 3 aromatic rings. The molecule has 1 aliphatic heterocycles. The van der Waals surface area contributed by atoms with Gasteiger partial charge in [-0.2, -0.15) is 4.31 Å². The van der Waals surface area contributed by atoms with Crippen molar-refractivity contribution in [3.05, 3.63) is 66.2 Å². The Hall–Kier alpha value is -2.55. The number of pyridine rings is 1. The fourth-order valence-electron chi connectivity index (χ4n) is 3.68. The van der Waals surface area contributed by atoms with Gasteiger partial charge in [-0.15, -0.1) is 0 Å². The Kier molecular flexibility index (Phi) is 5.49. The highest BCUT2D eigenvalue weighted by Gasteiger charge is 2.32. The van der Waals surface area contributed by atoms with Crippen LogP contribution in [0, 0.1) is 0 Å². The van der Waals surface area contributed by atoms with E-state index in [1.165, 1.54) is 16.8 Å². The smallest absolute Gasteiger partial charge is 0.262 e. The van der Waals surface area contributed by atoms with E-state index in [-0.39, 0.29) is 17.6 Å². The fraction of sp³-hybridized carbons (Fsp3) is 0.333. The Morgan fingerprint density at radius 2 is 1.97 bits per heavy atom. The van der Waals surface area contributed by atoms with Crippen LogP contribution in [0.3, 0.4) is 0 Å². The first kappa shape index (κ1) is 19.8. The van der Waals surface area contributed by atoms with Crippen LogP contribution in [0.1, 0.15) is 30.0 Å². The van der Waals surface area contributed by atoms with Crippen molar-refractivity contribution in [2.45, 2.75) is 30.4 Å². The van der Waals surface area contributed by atoms with Crippen molar-refractivity contribution in [2.24, 2.45) is 7.05 Å². The van der Waals surface area contributed by atoms with Gasteiger partial charge in [0.15, 0.2) is 5.03 Å². The molecule has 0 amide bonds. The van der Waals surface area contributed by atoms with E-state index in [0.29, 0.717) is 13.1 Å². The lowest BCUT2D eigenvalue weighted by atomic mass is 9.95. The van der Waals surface area contributed by atoms with E-state index in [1.807, 2.05) is 42.5 Å². The lowest BCUT2D eigenvalue weighted by Gasteiger charge is -2.31. The fourth-order valence-corrected chi connectivity index (χ4v) is 5.17. The molecule has 4 rings (SSSR count). The zero-order valence-corrected chi connectivity index (χ0v) is 17.1. The Morgan fingerprint density at radius 3 is 2.66 bits per heavy atom. The summed E-state index contributed by atoms with van der Waals surface area (Å²) in [5.41, 5.74) is 3.57. The first-order valence-corrected chi connectivity index (χ1v) is 11.1. The molecule has 1 fully saturated rings. The Morgan fingerprint density at radius 1 is 1.17 bits per heavy atom. The van der Waals surface area contributed by atoms with Crippen molar-refractivity contribution < 1.29 is 13.5 Å². The molecule has 8 heteroatoms. The molecule has 1 N–H and O–H groups in total. The van der Waals surface area contributed by atoms with Gasteiger partial charge in [-0.25, -0.2) is 13.4 Å². The van der Waals surface area contributed by atoms with Crippen molar-refractivity contribution in [3.8, 4) is 11.3 Å². The third-order valence-electron chi connectivity index (χ3n) is 5.29. The van der Waals surface area contributed by atoms with Gasteiger partial charge in [0.25, 0.3) is 10.0 Å². The molecule has 0 radical (unpaired) electrons. The van der Waals surface area contributed by atoms with E-state index in [1.54, 1.807) is 11.6 Å². The molecule has 7 nitrogen and oxygen atoms in total. The predicted octanol–water partition coefficient (Wildman–Crippen LogP) is 2.54. The third kappa shape index (κ3) is 4.10. The van der Waals surface area contributed by atoms with Gasteiger partial charge in [-0.3, -0.25) is 4.98 Å². The average Bonchev–Trinajstić information content (AvgIpc) is 3.21. The number of benzene rings is 1. The lowest BCUT2D eigenvalue weighted by Crippen LogP contribution is -2.39. The summed E-state index contributed by atoms with van der Waals surface area (Å²) in [7, 11) is -1.84. The Labute approximate surface area is 170 Å². The molecular weight excluding hydrogens is 388 g/mol. The first-order valence-electron chi connectivity index (χ1n) is 9.62. The van der Waals surface area contributed by atoms with Gasteiger partial charge in [0, 0.05) is 43.5 Å². The molecule has 1 aliphatic rings. The van der Waals surface area contributed by atoms with Crippen LogP contribution in [0.25, 0.3) is 11.3 Å². The lowest BCUT2D eigenvalue weighted by molar-refractivity contribution is 0.282. The minimum absolute atomic E-state index is 0.0103. The van der Waals surface area contributed by atoms with Gasteiger partial charge in [0.1, 0.15) is 0 Å². The SMILES string of the molecule is Cn1cnc(S(=O)(=O)N2CCC[C@H](c3cccc(-c4ccc(CO)cc4)n3)C2)c1. The molecule has 0 unspecified atom stereocenters. The largest absolute Gasteiger partial charge is 0.392 e. The van der Waals surface area contributed by atoms with E-state index in [2.05, 4.69) is 4.98 Å². The van der Waals surface area contributed by atoms with Crippen LogP contribution in [-0.2, 0) is 23.7 Å². The normalized spacial score (nSPS) is 18.1.